The van der Waals surface area contributed by atoms with Gasteiger partial charge in [-0.3, -0.25) is 0 Å². The van der Waals surface area contributed by atoms with E-state index in [1.165, 1.54) is 0 Å². The van der Waals surface area contributed by atoms with Crippen molar-refractivity contribution in [2.45, 2.75) is 66.3 Å². The van der Waals surface area contributed by atoms with Gasteiger partial charge in [0.1, 0.15) is 5.83 Å². The maximum atomic E-state index is 14.3. The van der Waals surface area contributed by atoms with Gasteiger partial charge in [-0.1, -0.05) is 26.8 Å². The Kier molecular flexibility index (Phi) is 10.8. The minimum Gasteiger partial charge on any atom is -0.240 e. The van der Waals surface area contributed by atoms with Gasteiger partial charge >= 0.3 is 0 Å². The highest BCUT2D eigenvalue weighted by atomic mass is 19.1. The SMILES string of the molecule is CC/C=C(/CN(C)N(CCC)C(CC)CC#N)C(F)=C(C)C. The molecule has 0 bridgehead atoms. The lowest BCUT2D eigenvalue weighted by molar-refractivity contribution is -0.0329. The van der Waals surface area contributed by atoms with E-state index in [1.807, 2.05) is 20.0 Å². The van der Waals surface area contributed by atoms with Crippen LogP contribution in [0.5, 0.6) is 0 Å². The lowest BCUT2D eigenvalue weighted by Gasteiger charge is -2.37. The zero-order valence-corrected chi connectivity index (χ0v) is 15.1. The number of rotatable bonds is 10. The van der Waals surface area contributed by atoms with Crippen molar-refractivity contribution < 1.29 is 4.39 Å². The van der Waals surface area contributed by atoms with Gasteiger partial charge in [-0.15, -0.1) is 0 Å². The van der Waals surface area contributed by atoms with Crippen LogP contribution in [0.25, 0.3) is 0 Å². The van der Waals surface area contributed by atoms with Gasteiger partial charge in [0, 0.05) is 26.2 Å². The predicted octanol–water partition coefficient (Wildman–Crippen LogP) is 4.84. The van der Waals surface area contributed by atoms with Gasteiger partial charge in [-0.2, -0.15) is 5.26 Å². The van der Waals surface area contributed by atoms with Crippen molar-refractivity contribution in [1.29, 1.82) is 5.26 Å². The van der Waals surface area contributed by atoms with Crippen LogP contribution in [0.4, 0.5) is 4.39 Å². The van der Waals surface area contributed by atoms with E-state index in [1.54, 1.807) is 13.8 Å². The van der Waals surface area contributed by atoms with E-state index >= 15 is 0 Å². The number of allylic oxidation sites excluding steroid dienone is 2. The van der Waals surface area contributed by atoms with Crippen molar-refractivity contribution in [3.63, 3.8) is 0 Å². The van der Waals surface area contributed by atoms with Crippen LogP contribution < -0.4 is 0 Å². The molecular formula is C18H32FN3. The molecule has 1 unspecified atom stereocenters. The van der Waals surface area contributed by atoms with Crippen molar-refractivity contribution >= 4 is 0 Å². The number of hydrazine groups is 1. The Hall–Kier alpha value is -1.18. The van der Waals surface area contributed by atoms with Gasteiger partial charge in [0.2, 0.25) is 0 Å². The topological polar surface area (TPSA) is 30.3 Å². The van der Waals surface area contributed by atoms with E-state index in [4.69, 9.17) is 5.26 Å². The summed E-state index contributed by atoms with van der Waals surface area (Å²) in [6, 6.07) is 2.45. The third-order valence-electron chi connectivity index (χ3n) is 3.68. The average Bonchev–Trinajstić information content (AvgIpc) is 2.49. The van der Waals surface area contributed by atoms with E-state index in [0.29, 0.717) is 18.5 Å². The summed E-state index contributed by atoms with van der Waals surface area (Å²) in [7, 11) is 1.98. The summed E-state index contributed by atoms with van der Waals surface area (Å²) in [4.78, 5) is 0. The first kappa shape index (κ1) is 20.8. The molecular weight excluding hydrogens is 277 g/mol. The molecule has 0 aromatic rings. The van der Waals surface area contributed by atoms with E-state index < -0.39 is 0 Å². The van der Waals surface area contributed by atoms with Crippen molar-refractivity contribution in [2.24, 2.45) is 0 Å². The highest BCUT2D eigenvalue weighted by Crippen LogP contribution is 2.20. The van der Waals surface area contributed by atoms with Crippen LogP contribution in [-0.2, 0) is 0 Å². The molecule has 22 heavy (non-hydrogen) atoms. The first-order valence-electron chi connectivity index (χ1n) is 8.29. The van der Waals surface area contributed by atoms with Crippen LogP contribution in [-0.4, -0.2) is 36.2 Å². The summed E-state index contributed by atoms with van der Waals surface area (Å²) in [5.41, 5.74) is 1.44. The van der Waals surface area contributed by atoms with Gasteiger partial charge < -0.3 is 0 Å². The maximum absolute atomic E-state index is 14.3. The smallest absolute Gasteiger partial charge is 0.126 e. The fourth-order valence-electron chi connectivity index (χ4n) is 2.56. The Morgan fingerprint density at radius 1 is 1.27 bits per heavy atom. The van der Waals surface area contributed by atoms with Crippen LogP contribution in [0.2, 0.25) is 0 Å². The minimum absolute atomic E-state index is 0.113. The Balaban J connectivity index is 5.22. The Labute approximate surface area is 136 Å². The first-order chi connectivity index (χ1) is 10.4. The standard InChI is InChI=1S/C18H32FN3/c1-7-10-16(18(19)15(4)5)14-21(6)22(13-8-2)17(9-3)11-12-20/h10,17H,7-9,11,13-14H2,1-6H3/b16-10-. The second kappa shape index (κ2) is 11.4. The molecule has 0 fully saturated rings. The van der Waals surface area contributed by atoms with Crippen LogP contribution in [0, 0.1) is 11.3 Å². The minimum atomic E-state index is -0.113. The highest BCUT2D eigenvalue weighted by molar-refractivity contribution is 5.29. The molecule has 0 aliphatic heterocycles. The molecule has 3 nitrogen and oxygen atoms in total. The van der Waals surface area contributed by atoms with Gasteiger partial charge in [-0.25, -0.2) is 14.4 Å². The van der Waals surface area contributed by atoms with Crippen molar-refractivity contribution in [2.75, 3.05) is 20.1 Å². The molecule has 0 N–H and O–H groups in total. The third-order valence-corrected chi connectivity index (χ3v) is 3.68. The van der Waals surface area contributed by atoms with Crippen LogP contribution >= 0.6 is 0 Å². The van der Waals surface area contributed by atoms with Crippen molar-refractivity contribution in [1.82, 2.24) is 10.0 Å². The van der Waals surface area contributed by atoms with Gasteiger partial charge in [0.25, 0.3) is 0 Å². The predicted molar refractivity (Wildman–Crippen MR) is 91.8 cm³/mol. The molecule has 4 heteroatoms. The number of nitrogens with zero attached hydrogens (tertiary/aromatic N) is 3. The molecule has 0 aliphatic rings. The van der Waals surface area contributed by atoms with Gasteiger partial charge in [0.05, 0.1) is 12.5 Å². The quantitative estimate of drug-likeness (QED) is 0.427. The lowest BCUT2D eigenvalue weighted by atomic mass is 10.1. The Bertz CT molecular complexity index is 417. The zero-order valence-electron chi connectivity index (χ0n) is 15.1. The van der Waals surface area contributed by atoms with Gasteiger partial charge in [0.15, 0.2) is 0 Å². The first-order valence-corrected chi connectivity index (χ1v) is 8.29. The summed E-state index contributed by atoms with van der Waals surface area (Å²) in [5, 5.41) is 13.3. The fraction of sp³-hybridized carbons (Fsp3) is 0.722. The number of halogens is 1. The molecule has 0 aliphatic carbocycles. The number of likely N-dealkylation sites (N-methyl/N-ethyl adjacent to an activating group) is 1. The molecule has 0 heterocycles. The molecule has 0 radical (unpaired) electrons. The summed E-state index contributed by atoms with van der Waals surface area (Å²) >= 11 is 0. The van der Waals surface area contributed by atoms with E-state index in [-0.39, 0.29) is 11.9 Å². The van der Waals surface area contributed by atoms with E-state index in [2.05, 4.69) is 29.9 Å². The largest absolute Gasteiger partial charge is 0.240 e. The molecule has 0 spiro atoms. The normalized spacial score (nSPS) is 13.4. The third kappa shape index (κ3) is 6.72. The summed E-state index contributed by atoms with van der Waals surface area (Å²) < 4.78 is 14.3. The lowest BCUT2D eigenvalue weighted by Crippen LogP contribution is -2.47. The number of hydrogen-bond donors (Lipinski definition) is 0. The molecule has 0 amide bonds. The average molecular weight is 309 g/mol. The van der Waals surface area contributed by atoms with Crippen molar-refractivity contribution in [3.05, 3.63) is 23.0 Å². The zero-order chi connectivity index (χ0) is 17.1. The second-order valence-corrected chi connectivity index (χ2v) is 5.85. The van der Waals surface area contributed by atoms with Crippen LogP contribution in [0.3, 0.4) is 0 Å². The second-order valence-electron chi connectivity index (χ2n) is 5.85. The molecule has 0 aromatic carbocycles. The molecule has 126 valence electrons. The van der Waals surface area contributed by atoms with Crippen LogP contribution in [0.15, 0.2) is 23.0 Å². The monoisotopic (exact) mass is 309 g/mol. The van der Waals surface area contributed by atoms with Crippen LogP contribution in [0.1, 0.15) is 60.3 Å². The highest BCUT2D eigenvalue weighted by Gasteiger charge is 2.21. The molecule has 0 rings (SSSR count). The van der Waals surface area contributed by atoms with Gasteiger partial charge in [-0.05, 0) is 44.3 Å². The van der Waals surface area contributed by atoms with E-state index in [0.717, 1.165) is 31.4 Å². The maximum Gasteiger partial charge on any atom is 0.126 e. The summed E-state index contributed by atoms with van der Waals surface area (Å²) in [5.74, 6) is -0.113. The Morgan fingerprint density at radius 2 is 1.91 bits per heavy atom. The summed E-state index contributed by atoms with van der Waals surface area (Å²) in [6.07, 6.45) is 5.18. The Morgan fingerprint density at radius 3 is 2.32 bits per heavy atom. The summed E-state index contributed by atoms with van der Waals surface area (Å²) in [6.45, 7) is 11.3. The number of hydrogen-bond acceptors (Lipinski definition) is 3. The molecule has 1 atom stereocenters. The fourth-order valence-corrected chi connectivity index (χ4v) is 2.56. The van der Waals surface area contributed by atoms with Crippen molar-refractivity contribution in [3.8, 4) is 6.07 Å². The molecule has 0 saturated carbocycles. The molecule has 0 saturated heterocycles. The van der Waals surface area contributed by atoms with E-state index in [9.17, 15) is 4.39 Å². The number of nitriles is 1. The molecule has 0 aromatic heterocycles.